The zero-order valence-electron chi connectivity index (χ0n) is 5.63. The molecule has 0 unspecified atom stereocenters. The normalized spacial score (nSPS) is 10.1. The lowest BCUT2D eigenvalue weighted by Gasteiger charge is -1.95. The summed E-state index contributed by atoms with van der Waals surface area (Å²) in [5.41, 5.74) is 5.32. The summed E-state index contributed by atoms with van der Waals surface area (Å²) in [6, 6.07) is 0. The fraction of sp³-hybridized carbons (Fsp3) is 0.500. The quantitative estimate of drug-likeness (QED) is 0.680. The Kier molecular flexibility index (Phi) is 2.25. The summed E-state index contributed by atoms with van der Waals surface area (Å²) in [7, 11) is 0. The van der Waals surface area contributed by atoms with Crippen molar-refractivity contribution in [3.05, 3.63) is 12.5 Å². The van der Waals surface area contributed by atoms with Gasteiger partial charge in [0.15, 0.2) is 0 Å². The van der Waals surface area contributed by atoms with E-state index >= 15 is 0 Å². The maximum atomic E-state index is 11.6. The van der Waals surface area contributed by atoms with Crippen molar-refractivity contribution in [1.82, 2.24) is 9.55 Å². The average Bonchev–Trinajstić information content (AvgIpc) is 2.31. The number of hydrogen-bond acceptors (Lipinski definition) is 2. The molecule has 10 heavy (non-hydrogen) atoms. The summed E-state index contributed by atoms with van der Waals surface area (Å²) in [4.78, 5) is 3.79. The summed E-state index contributed by atoms with van der Waals surface area (Å²) in [6.07, 6.45) is 3.82. The van der Waals surface area contributed by atoms with Gasteiger partial charge in [-0.2, -0.15) is 0 Å². The Hall–Kier alpha value is -1.06. The first kappa shape index (κ1) is 7.05. The van der Waals surface area contributed by atoms with E-state index in [1.54, 1.807) is 17.1 Å². The van der Waals surface area contributed by atoms with Crippen molar-refractivity contribution in [1.29, 1.82) is 0 Å². The Morgan fingerprint density at radius 3 is 3.00 bits per heavy atom. The van der Waals surface area contributed by atoms with Gasteiger partial charge >= 0.3 is 0 Å². The standard InChI is InChI=1S/C6H10FN3/c7-2-1-3-10-4-6(8)9-5-10/h4-5H,1-3,8H2. The predicted octanol–water partition coefficient (Wildman–Crippen LogP) is 0.825. The van der Waals surface area contributed by atoms with Crippen LogP contribution in [0.2, 0.25) is 0 Å². The molecule has 0 aliphatic heterocycles. The molecule has 0 atom stereocenters. The number of anilines is 1. The third kappa shape index (κ3) is 1.72. The van der Waals surface area contributed by atoms with Crippen LogP contribution in [0.3, 0.4) is 0 Å². The molecule has 0 saturated heterocycles. The maximum Gasteiger partial charge on any atom is 0.141 e. The molecule has 1 rings (SSSR count). The molecule has 0 amide bonds. The van der Waals surface area contributed by atoms with Gasteiger partial charge in [-0.25, -0.2) is 4.98 Å². The van der Waals surface area contributed by atoms with Crippen LogP contribution in [-0.4, -0.2) is 16.2 Å². The van der Waals surface area contributed by atoms with Crippen molar-refractivity contribution in [3.8, 4) is 0 Å². The molecule has 0 spiro atoms. The highest BCUT2D eigenvalue weighted by Gasteiger charge is 1.91. The molecule has 4 heteroatoms. The summed E-state index contributed by atoms with van der Waals surface area (Å²) in [5, 5.41) is 0. The van der Waals surface area contributed by atoms with Gasteiger partial charge in [0.2, 0.25) is 0 Å². The van der Waals surface area contributed by atoms with E-state index in [0.717, 1.165) is 0 Å². The number of aryl methyl sites for hydroxylation is 1. The van der Waals surface area contributed by atoms with E-state index in [1.165, 1.54) is 0 Å². The number of nitrogen functional groups attached to an aromatic ring is 1. The zero-order chi connectivity index (χ0) is 7.40. The molecular weight excluding hydrogens is 133 g/mol. The summed E-state index contributed by atoms with van der Waals surface area (Å²) in [6.45, 7) is 0.360. The molecule has 0 aromatic carbocycles. The van der Waals surface area contributed by atoms with Crippen molar-refractivity contribution in [3.63, 3.8) is 0 Å². The van der Waals surface area contributed by atoms with Crippen molar-refractivity contribution < 1.29 is 4.39 Å². The van der Waals surface area contributed by atoms with Gasteiger partial charge in [-0.05, 0) is 6.42 Å². The van der Waals surface area contributed by atoms with Crippen molar-refractivity contribution in [2.75, 3.05) is 12.4 Å². The molecule has 0 radical (unpaired) electrons. The van der Waals surface area contributed by atoms with Crippen LogP contribution in [0.15, 0.2) is 12.5 Å². The highest BCUT2D eigenvalue weighted by molar-refractivity contribution is 5.22. The third-order valence-corrected chi connectivity index (χ3v) is 1.20. The largest absolute Gasteiger partial charge is 0.382 e. The van der Waals surface area contributed by atoms with Crippen LogP contribution >= 0.6 is 0 Å². The molecule has 0 bridgehead atoms. The number of rotatable bonds is 3. The fourth-order valence-corrected chi connectivity index (χ4v) is 0.742. The molecular formula is C6H10FN3. The van der Waals surface area contributed by atoms with E-state index in [2.05, 4.69) is 4.98 Å². The first-order chi connectivity index (χ1) is 4.83. The summed E-state index contributed by atoms with van der Waals surface area (Å²) < 4.78 is 13.4. The number of imidazole rings is 1. The number of halogens is 1. The lowest BCUT2D eigenvalue weighted by molar-refractivity contribution is 0.447. The third-order valence-electron chi connectivity index (χ3n) is 1.20. The smallest absolute Gasteiger partial charge is 0.141 e. The van der Waals surface area contributed by atoms with Gasteiger partial charge in [0.25, 0.3) is 0 Å². The van der Waals surface area contributed by atoms with Gasteiger partial charge in [0.1, 0.15) is 5.82 Å². The molecule has 0 fully saturated rings. The number of nitrogens with zero attached hydrogens (tertiary/aromatic N) is 2. The number of alkyl halides is 1. The fourth-order valence-electron chi connectivity index (χ4n) is 0.742. The number of aromatic nitrogens is 2. The van der Waals surface area contributed by atoms with Crippen LogP contribution in [-0.2, 0) is 6.54 Å². The van der Waals surface area contributed by atoms with Crippen molar-refractivity contribution in [2.45, 2.75) is 13.0 Å². The van der Waals surface area contributed by atoms with E-state index in [4.69, 9.17) is 5.73 Å². The molecule has 0 aliphatic rings. The number of hydrogen-bond donors (Lipinski definition) is 1. The van der Waals surface area contributed by atoms with Crippen LogP contribution in [0.1, 0.15) is 6.42 Å². The minimum absolute atomic E-state index is 0.294. The molecule has 0 aliphatic carbocycles. The lowest BCUT2D eigenvalue weighted by atomic mass is 10.5. The van der Waals surface area contributed by atoms with Crippen LogP contribution < -0.4 is 5.73 Å². The van der Waals surface area contributed by atoms with Gasteiger partial charge in [0.05, 0.1) is 13.0 Å². The van der Waals surface area contributed by atoms with Crippen molar-refractivity contribution >= 4 is 5.82 Å². The Balaban J connectivity index is 2.42. The Morgan fingerprint density at radius 2 is 2.50 bits per heavy atom. The van der Waals surface area contributed by atoms with E-state index in [1.807, 2.05) is 0 Å². The highest BCUT2D eigenvalue weighted by Crippen LogP contribution is 1.97. The summed E-state index contributed by atoms with van der Waals surface area (Å²) >= 11 is 0. The van der Waals surface area contributed by atoms with Crippen LogP contribution in [0.25, 0.3) is 0 Å². The molecule has 2 N–H and O–H groups in total. The zero-order valence-corrected chi connectivity index (χ0v) is 5.63. The molecule has 3 nitrogen and oxygen atoms in total. The topological polar surface area (TPSA) is 43.8 Å². The minimum Gasteiger partial charge on any atom is -0.382 e. The van der Waals surface area contributed by atoms with E-state index < -0.39 is 0 Å². The second kappa shape index (κ2) is 3.20. The highest BCUT2D eigenvalue weighted by atomic mass is 19.1. The van der Waals surface area contributed by atoms with Gasteiger partial charge in [-0.1, -0.05) is 0 Å². The van der Waals surface area contributed by atoms with Gasteiger partial charge < -0.3 is 10.3 Å². The van der Waals surface area contributed by atoms with E-state index in [0.29, 0.717) is 18.8 Å². The Morgan fingerprint density at radius 1 is 1.70 bits per heavy atom. The predicted molar refractivity (Wildman–Crippen MR) is 37.2 cm³/mol. The molecule has 1 aromatic rings. The Labute approximate surface area is 58.7 Å². The minimum atomic E-state index is -0.294. The van der Waals surface area contributed by atoms with Crippen LogP contribution in [0, 0.1) is 0 Å². The summed E-state index contributed by atoms with van der Waals surface area (Å²) in [5.74, 6) is 0.485. The SMILES string of the molecule is Nc1cn(CCCF)cn1. The second-order valence-corrected chi connectivity index (χ2v) is 2.08. The first-order valence-electron chi connectivity index (χ1n) is 3.16. The van der Waals surface area contributed by atoms with E-state index in [9.17, 15) is 4.39 Å². The molecule has 0 saturated carbocycles. The molecule has 1 heterocycles. The van der Waals surface area contributed by atoms with Crippen LogP contribution in [0.5, 0.6) is 0 Å². The maximum absolute atomic E-state index is 11.6. The average molecular weight is 143 g/mol. The molecule has 1 aromatic heterocycles. The molecule has 56 valence electrons. The number of nitrogens with two attached hydrogens (primary N) is 1. The second-order valence-electron chi connectivity index (χ2n) is 2.08. The first-order valence-corrected chi connectivity index (χ1v) is 3.16. The van der Waals surface area contributed by atoms with Crippen molar-refractivity contribution in [2.24, 2.45) is 0 Å². The monoisotopic (exact) mass is 143 g/mol. The van der Waals surface area contributed by atoms with Crippen LogP contribution in [0.4, 0.5) is 10.2 Å². The van der Waals surface area contributed by atoms with Gasteiger partial charge in [0, 0.05) is 12.7 Å². The Bertz CT molecular complexity index is 197. The van der Waals surface area contributed by atoms with Gasteiger partial charge in [-0.15, -0.1) is 0 Å². The van der Waals surface area contributed by atoms with E-state index in [-0.39, 0.29) is 6.67 Å². The van der Waals surface area contributed by atoms with Gasteiger partial charge in [-0.3, -0.25) is 4.39 Å². The lowest BCUT2D eigenvalue weighted by Crippen LogP contribution is -1.94.